The summed E-state index contributed by atoms with van der Waals surface area (Å²) in [5.41, 5.74) is 0.569. The van der Waals surface area contributed by atoms with Gasteiger partial charge in [-0.2, -0.15) is 4.98 Å². The number of rotatable bonds is 9. The standard InChI is InChI=1S/C17H19FN4O6/c1-26-9-8-19-17(25)20-13(23)10-27-15(24)7-6-14-21-16(22-28-14)11-2-4-12(18)5-3-11/h2-5H,6-10H2,1H3,(H2,19,20,23,25). The number of ether oxygens (including phenoxy) is 2. The highest BCUT2D eigenvalue weighted by molar-refractivity contribution is 5.95. The predicted octanol–water partition coefficient (Wildman–Crippen LogP) is 0.824. The van der Waals surface area contributed by atoms with Gasteiger partial charge in [0.15, 0.2) is 6.61 Å². The van der Waals surface area contributed by atoms with Gasteiger partial charge in [-0.05, 0) is 24.3 Å². The van der Waals surface area contributed by atoms with Gasteiger partial charge in [-0.25, -0.2) is 9.18 Å². The molecule has 2 aromatic rings. The SMILES string of the molecule is COCCNC(=O)NC(=O)COC(=O)CCc1nc(-c2ccc(F)cc2)no1. The van der Waals surface area contributed by atoms with E-state index in [1.54, 1.807) is 0 Å². The molecule has 2 N–H and O–H groups in total. The van der Waals surface area contributed by atoms with Crippen LogP contribution in [-0.4, -0.2) is 54.9 Å². The molecule has 0 radical (unpaired) electrons. The quantitative estimate of drug-likeness (QED) is 0.472. The molecule has 0 saturated carbocycles. The lowest BCUT2D eigenvalue weighted by Crippen LogP contribution is -2.42. The summed E-state index contributed by atoms with van der Waals surface area (Å²) in [4.78, 5) is 38.6. The number of halogens is 1. The first-order chi connectivity index (χ1) is 13.5. The van der Waals surface area contributed by atoms with Crippen molar-refractivity contribution in [2.45, 2.75) is 12.8 Å². The van der Waals surface area contributed by atoms with Crippen LogP contribution < -0.4 is 10.6 Å². The van der Waals surface area contributed by atoms with Crippen LogP contribution in [0.2, 0.25) is 0 Å². The topological polar surface area (TPSA) is 133 Å². The summed E-state index contributed by atoms with van der Waals surface area (Å²) in [6.45, 7) is -0.0597. The zero-order valence-corrected chi connectivity index (χ0v) is 15.1. The number of amides is 3. The number of urea groups is 1. The lowest BCUT2D eigenvalue weighted by atomic mass is 10.2. The van der Waals surface area contributed by atoms with Crippen molar-refractivity contribution in [2.24, 2.45) is 0 Å². The average molecular weight is 394 g/mol. The van der Waals surface area contributed by atoms with Crippen LogP contribution in [0.4, 0.5) is 9.18 Å². The highest BCUT2D eigenvalue weighted by Crippen LogP contribution is 2.16. The molecule has 10 nitrogen and oxygen atoms in total. The molecule has 3 amide bonds. The zero-order chi connectivity index (χ0) is 20.4. The molecule has 0 aliphatic rings. The minimum atomic E-state index is -0.764. The van der Waals surface area contributed by atoms with Crippen LogP contribution in [0, 0.1) is 5.82 Å². The molecule has 28 heavy (non-hydrogen) atoms. The maximum absolute atomic E-state index is 12.9. The highest BCUT2D eigenvalue weighted by atomic mass is 19.1. The first-order valence-corrected chi connectivity index (χ1v) is 8.28. The molecule has 0 saturated heterocycles. The summed E-state index contributed by atoms with van der Waals surface area (Å²) in [6.07, 6.45) is 0.00448. The molecule has 1 aromatic heterocycles. The van der Waals surface area contributed by atoms with Crippen LogP contribution in [-0.2, 0) is 25.5 Å². The van der Waals surface area contributed by atoms with Gasteiger partial charge in [0, 0.05) is 25.6 Å². The predicted molar refractivity (Wildman–Crippen MR) is 92.4 cm³/mol. The molecule has 1 heterocycles. The first-order valence-electron chi connectivity index (χ1n) is 8.28. The number of methoxy groups -OCH3 is 1. The van der Waals surface area contributed by atoms with Gasteiger partial charge in [-0.1, -0.05) is 5.16 Å². The molecule has 0 aliphatic carbocycles. The Labute approximate surface area is 159 Å². The van der Waals surface area contributed by atoms with E-state index >= 15 is 0 Å². The largest absolute Gasteiger partial charge is 0.456 e. The van der Waals surface area contributed by atoms with Gasteiger partial charge in [0.05, 0.1) is 13.0 Å². The number of benzene rings is 1. The van der Waals surface area contributed by atoms with E-state index in [2.05, 4.69) is 15.5 Å². The molecule has 0 aliphatic heterocycles. The second-order valence-electron chi connectivity index (χ2n) is 5.48. The molecule has 2 rings (SSSR count). The van der Waals surface area contributed by atoms with Crippen molar-refractivity contribution >= 4 is 17.9 Å². The number of nitrogens with zero attached hydrogens (tertiary/aromatic N) is 2. The van der Waals surface area contributed by atoms with Crippen molar-refractivity contribution in [1.29, 1.82) is 0 Å². The lowest BCUT2D eigenvalue weighted by Gasteiger charge is -2.06. The number of carbonyl (C=O) groups excluding carboxylic acids is 3. The van der Waals surface area contributed by atoms with Crippen molar-refractivity contribution in [2.75, 3.05) is 26.9 Å². The molecule has 150 valence electrons. The minimum absolute atomic E-state index is 0.0988. The molecule has 0 unspecified atom stereocenters. The average Bonchev–Trinajstić information content (AvgIpc) is 3.14. The number of imide groups is 1. The van der Waals surface area contributed by atoms with Crippen molar-refractivity contribution in [3.05, 3.63) is 36.0 Å². The summed E-state index contributed by atoms with van der Waals surface area (Å²) < 4.78 is 27.4. The van der Waals surface area contributed by atoms with Crippen LogP contribution >= 0.6 is 0 Å². The van der Waals surface area contributed by atoms with E-state index in [0.717, 1.165) is 0 Å². The first kappa shape index (κ1) is 21.0. The van der Waals surface area contributed by atoms with Crippen molar-refractivity contribution < 1.29 is 32.8 Å². The van der Waals surface area contributed by atoms with Gasteiger partial charge < -0.3 is 19.3 Å². The van der Waals surface area contributed by atoms with E-state index in [4.69, 9.17) is 14.0 Å². The molecular formula is C17H19FN4O6. The molecule has 0 atom stereocenters. The van der Waals surface area contributed by atoms with Gasteiger partial charge in [0.2, 0.25) is 11.7 Å². The van der Waals surface area contributed by atoms with Gasteiger partial charge in [0.25, 0.3) is 5.91 Å². The third kappa shape index (κ3) is 7.11. The Hall–Kier alpha value is -3.34. The lowest BCUT2D eigenvalue weighted by molar-refractivity contribution is -0.148. The fourth-order valence-corrected chi connectivity index (χ4v) is 1.97. The van der Waals surface area contributed by atoms with E-state index < -0.39 is 24.5 Å². The van der Waals surface area contributed by atoms with E-state index in [0.29, 0.717) is 12.2 Å². The van der Waals surface area contributed by atoms with E-state index in [-0.39, 0.29) is 36.9 Å². The van der Waals surface area contributed by atoms with Crippen LogP contribution in [0.1, 0.15) is 12.3 Å². The second-order valence-corrected chi connectivity index (χ2v) is 5.48. The highest BCUT2D eigenvalue weighted by Gasteiger charge is 2.14. The van der Waals surface area contributed by atoms with Gasteiger partial charge >= 0.3 is 12.0 Å². The number of carbonyl (C=O) groups is 3. The zero-order valence-electron chi connectivity index (χ0n) is 15.1. The summed E-state index contributed by atoms with van der Waals surface area (Å²) in [5, 5.41) is 8.14. The maximum Gasteiger partial charge on any atom is 0.321 e. The van der Waals surface area contributed by atoms with E-state index in [9.17, 15) is 18.8 Å². The summed E-state index contributed by atoms with van der Waals surface area (Å²) in [6, 6.07) is 4.83. The van der Waals surface area contributed by atoms with Crippen LogP contribution in [0.15, 0.2) is 28.8 Å². The smallest absolute Gasteiger partial charge is 0.321 e. The number of hydrogen-bond donors (Lipinski definition) is 2. The Morgan fingerprint density at radius 1 is 1.21 bits per heavy atom. The Bertz CT molecular complexity index is 808. The van der Waals surface area contributed by atoms with Crippen LogP contribution in [0.5, 0.6) is 0 Å². The summed E-state index contributed by atoms with van der Waals surface area (Å²) in [5.74, 6) is -1.36. The van der Waals surface area contributed by atoms with E-state index in [1.165, 1.54) is 31.4 Å². The maximum atomic E-state index is 12.9. The fraction of sp³-hybridized carbons (Fsp3) is 0.353. The Morgan fingerprint density at radius 2 is 1.96 bits per heavy atom. The Balaban J connectivity index is 1.69. The van der Waals surface area contributed by atoms with Crippen molar-refractivity contribution in [1.82, 2.24) is 20.8 Å². The fourth-order valence-electron chi connectivity index (χ4n) is 1.97. The monoisotopic (exact) mass is 394 g/mol. The number of aryl methyl sites for hydroxylation is 1. The van der Waals surface area contributed by atoms with Crippen LogP contribution in [0.3, 0.4) is 0 Å². The van der Waals surface area contributed by atoms with Crippen LogP contribution in [0.25, 0.3) is 11.4 Å². The number of hydrogen-bond acceptors (Lipinski definition) is 8. The number of esters is 1. The number of nitrogens with one attached hydrogen (secondary N) is 2. The van der Waals surface area contributed by atoms with Gasteiger partial charge in [-0.3, -0.25) is 14.9 Å². The molecule has 0 bridgehead atoms. The Morgan fingerprint density at radius 3 is 2.68 bits per heavy atom. The molecule has 0 fully saturated rings. The van der Waals surface area contributed by atoms with Gasteiger partial charge in [-0.15, -0.1) is 0 Å². The number of aromatic nitrogens is 2. The third-order valence-corrected chi connectivity index (χ3v) is 3.32. The van der Waals surface area contributed by atoms with E-state index in [1.807, 2.05) is 5.32 Å². The molecular weight excluding hydrogens is 375 g/mol. The second kappa shape index (κ2) is 10.7. The van der Waals surface area contributed by atoms with Crippen molar-refractivity contribution in [3.63, 3.8) is 0 Å². The van der Waals surface area contributed by atoms with Gasteiger partial charge in [0.1, 0.15) is 5.82 Å². The molecule has 1 aromatic carbocycles. The summed E-state index contributed by atoms with van der Waals surface area (Å²) >= 11 is 0. The Kier molecular flexibility index (Phi) is 8.03. The van der Waals surface area contributed by atoms with Crippen molar-refractivity contribution in [3.8, 4) is 11.4 Å². The normalized spacial score (nSPS) is 10.4. The third-order valence-electron chi connectivity index (χ3n) is 3.32. The minimum Gasteiger partial charge on any atom is -0.456 e. The molecule has 11 heteroatoms. The summed E-state index contributed by atoms with van der Waals surface area (Å²) in [7, 11) is 1.47. The molecule has 0 spiro atoms.